The van der Waals surface area contributed by atoms with Crippen LogP contribution in [0.5, 0.6) is 0 Å². The van der Waals surface area contributed by atoms with Crippen LogP contribution in [0, 0.1) is 5.41 Å². The van der Waals surface area contributed by atoms with Gasteiger partial charge >= 0.3 is 0 Å². The van der Waals surface area contributed by atoms with Crippen LogP contribution < -0.4 is 0 Å². The molecular weight excluding hydrogens is 200 g/mol. The highest BCUT2D eigenvalue weighted by atomic mass is 16.1. The van der Waals surface area contributed by atoms with Crippen molar-refractivity contribution >= 4 is 5.78 Å². The molecule has 16 heavy (non-hydrogen) atoms. The van der Waals surface area contributed by atoms with Crippen molar-refractivity contribution in [3.8, 4) is 0 Å². The fourth-order valence-electron chi connectivity index (χ4n) is 1.59. The van der Waals surface area contributed by atoms with Gasteiger partial charge in [0.05, 0.1) is 0 Å². The van der Waals surface area contributed by atoms with E-state index in [4.69, 9.17) is 0 Å². The summed E-state index contributed by atoms with van der Waals surface area (Å²) in [7, 11) is 2.15. The Morgan fingerprint density at radius 2 is 1.75 bits per heavy atom. The molecule has 0 aromatic rings. The van der Waals surface area contributed by atoms with Crippen LogP contribution in [0.2, 0.25) is 0 Å². The summed E-state index contributed by atoms with van der Waals surface area (Å²) in [5.41, 5.74) is -0.251. The first-order valence-corrected chi connectivity index (χ1v) is 6.01. The monoisotopic (exact) mass is 224 g/mol. The third kappa shape index (κ3) is 4.45. The summed E-state index contributed by atoms with van der Waals surface area (Å²) in [4.78, 5) is 16.4. The Balaban J connectivity index is 2.29. The van der Waals surface area contributed by atoms with Gasteiger partial charge in [0, 0.05) is 38.1 Å². The van der Waals surface area contributed by atoms with E-state index in [1.807, 2.05) is 26.8 Å². The first-order chi connectivity index (χ1) is 7.39. The highest BCUT2D eigenvalue weighted by Gasteiger charge is 2.18. The van der Waals surface area contributed by atoms with Crippen LogP contribution >= 0.6 is 0 Å². The van der Waals surface area contributed by atoms with Gasteiger partial charge in [-0.2, -0.15) is 0 Å². The van der Waals surface area contributed by atoms with E-state index in [1.165, 1.54) is 0 Å². The average Bonchev–Trinajstić information content (AvgIpc) is 2.19. The van der Waals surface area contributed by atoms with Gasteiger partial charge in [0.25, 0.3) is 0 Å². The van der Waals surface area contributed by atoms with Gasteiger partial charge in [-0.05, 0) is 13.1 Å². The molecule has 0 atom stereocenters. The number of carbonyl (C=O) groups is 1. The number of allylic oxidation sites excluding steroid dienone is 1. The lowest BCUT2D eigenvalue weighted by molar-refractivity contribution is -0.121. The summed E-state index contributed by atoms with van der Waals surface area (Å²) in [6.07, 6.45) is 3.73. The van der Waals surface area contributed by atoms with Crippen molar-refractivity contribution in [1.29, 1.82) is 0 Å². The second-order valence-corrected chi connectivity index (χ2v) is 5.62. The van der Waals surface area contributed by atoms with Crippen LogP contribution in [0.1, 0.15) is 20.8 Å². The molecular formula is C13H24N2O. The molecule has 0 bridgehead atoms. The number of rotatable bonds is 3. The SMILES string of the molecule is CN1CCN(C/C=C/C(=O)C(C)(C)C)CC1. The van der Waals surface area contributed by atoms with Gasteiger partial charge in [-0.1, -0.05) is 26.8 Å². The second kappa shape index (κ2) is 5.60. The normalized spacial score (nSPS) is 20.5. The summed E-state index contributed by atoms with van der Waals surface area (Å²) in [5, 5.41) is 0. The maximum absolute atomic E-state index is 11.6. The van der Waals surface area contributed by atoms with E-state index in [0.29, 0.717) is 0 Å². The maximum atomic E-state index is 11.6. The summed E-state index contributed by atoms with van der Waals surface area (Å²) in [6.45, 7) is 11.2. The Bertz CT molecular complexity index is 258. The van der Waals surface area contributed by atoms with Gasteiger partial charge in [-0.3, -0.25) is 9.69 Å². The molecule has 1 heterocycles. The molecule has 3 heteroatoms. The Kier molecular flexibility index (Phi) is 4.69. The number of carbonyl (C=O) groups excluding carboxylic acids is 1. The lowest BCUT2D eigenvalue weighted by Crippen LogP contribution is -2.44. The largest absolute Gasteiger partial charge is 0.304 e. The predicted octanol–water partition coefficient (Wildman–Crippen LogP) is 1.41. The van der Waals surface area contributed by atoms with Gasteiger partial charge in [-0.25, -0.2) is 0 Å². The number of likely N-dealkylation sites (N-methyl/N-ethyl adjacent to an activating group) is 1. The van der Waals surface area contributed by atoms with E-state index in [9.17, 15) is 4.79 Å². The summed E-state index contributed by atoms with van der Waals surface area (Å²) in [6, 6.07) is 0. The van der Waals surface area contributed by atoms with Crippen LogP contribution in [0.15, 0.2) is 12.2 Å². The van der Waals surface area contributed by atoms with Crippen molar-refractivity contribution in [2.24, 2.45) is 5.41 Å². The number of nitrogens with zero attached hydrogens (tertiary/aromatic N) is 2. The quantitative estimate of drug-likeness (QED) is 0.677. The summed E-state index contributed by atoms with van der Waals surface area (Å²) < 4.78 is 0. The zero-order valence-electron chi connectivity index (χ0n) is 11.0. The Morgan fingerprint density at radius 3 is 2.25 bits per heavy atom. The fourth-order valence-corrected chi connectivity index (χ4v) is 1.59. The summed E-state index contributed by atoms with van der Waals surface area (Å²) >= 11 is 0. The van der Waals surface area contributed by atoms with E-state index >= 15 is 0 Å². The highest BCUT2D eigenvalue weighted by Crippen LogP contribution is 2.14. The fraction of sp³-hybridized carbons (Fsp3) is 0.769. The molecule has 0 amide bonds. The van der Waals surface area contributed by atoms with Crippen LogP contribution in [-0.4, -0.2) is 55.4 Å². The molecule has 1 rings (SSSR count). The van der Waals surface area contributed by atoms with Crippen molar-refractivity contribution in [1.82, 2.24) is 9.80 Å². The predicted molar refractivity (Wildman–Crippen MR) is 67.5 cm³/mol. The first kappa shape index (κ1) is 13.4. The Hall–Kier alpha value is -0.670. The van der Waals surface area contributed by atoms with Gasteiger partial charge in [-0.15, -0.1) is 0 Å². The van der Waals surface area contributed by atoms with Crippen molar-refractivity contribution in [2.75, 3.05) is 39.8 Å². The van der Waals surface area contributed by atoms with Crippen LogP contribution in [0.3, 0.4) is 0 Å². The molecule has 0 aromatic heterocycles. The van der Waals surface area contributed by atoms with E-state index in [0.717, 1.165) is 32.7 Å². The minimum Gasteiger partial charge on any atom is -0.304 e. The van der Waals surface area contributed by atoms with Gasteiger partial charge in [0.15, 0.2) is 5.78 Å². The van der Waals surface area contributed by atoms with Crippen LogP contribution in [0.4, 0.5) is 0 Å². The van der Waals surface area contributed by atoms with E-state index in [-0.39, 0.29) is 11.2 Å². The molecule has 1 aliphatic rings. The molecule has 0 unspecified atom stereocenters. The Morgan fingerprint density at radius 1 is 1.19 bits per heavy atom. The standard InChI is InChI=1S/C13H24N2O/c1-13(2,3)12(16)6-5-7-15-10-8-14(4)9-11-15/h5-6H,7-11H2,1-4H3/b6-5+. The zero-order valence-corrected chi connectivity index (χ0v) is 11.0. The molecule has 0 radical (unpaired) electrons. The van der Waals surface area contributed by atoms with Crippen molar-refractivity contribution in [3.63, 3.8) is 0 Å². The molecule has 92 valence electrons. The molecule has 0 N–H and O–H groups in total. The van der Waals surface area contributed by atoms with Crippen molar-refractivity contribution in [3.05, 3.63) is 12.2 Å². The zero-order chi connectivity index (χ0) is 12.2. The van der Waals surface area contributed by atoms with Crippen LogP contribution in [-0.2, 0) is 4.79 Å². The molecule has 1 saturated heterocycles. The highest BCUT2D eigenvalue weighted by molar-refractivity contribution is 5.93. The first-order valence-electron chi connectivity index (χ1n) is 6.01. The number of piperazine rings is 1. The smallest absolute Gasteiger partial charge is 0.160 e. The molecule has 3 nitrogen and oxygen atoms in total. The molecule has 0 aromatic carbocycles. The lowest BCUT2D eigenvalue weighted by Gasteiger charge is -2.31. The molecule has 0 spiro atoms. The van der Waals surface area contributed by atoms with E-state index in [2.05, 4.69) is 16.8 Å². The minimum absolute atomic E-state index is 0.210. The second-order valence-electron chi connectivity index (χ2n) is 5.62. The maximum Gasteiger partial charge on any atom is 0.160 e. The van der Waals surface area contributed by atoms with E-state index in [1.54, 1.807) is 6.08 Å². The Labute approximate surface area is 99.1 Å². The van der Waals surface area contributed by atoms with Crippen LogP contribution in [0.25, 0.3) is 0 Å². The molecule has 0 aliphatic carbocycles. The van der Waals surface area contributed by atoms with Gasteiger partial charge in [0.2, 0.25) is 0 Å². The van der Waals surface area contributed by atoms with Crippen molar-refractivity contribution < 1.29 is 4.79 Å². The molecule has 0 saturated carbocycles. The number of hydrogen-bond acceptors (Lipinski definition) is 3. The van der Waals surface area contributed by atoms with Gasteiger partial charge < -0.3 is 4.90 Å². The van der Waals surface area contributed by atoms with Gasteiger partial charge in [0.1, 0.15) is 0 Å². The van der Waals surface area contributed by atoms with E-state index < -0.39 is 0 Å². The lowest BCUT2D eigenvalue weighted by atomic mass is 9.91. The molecule has 1 aliphatic heterocycles. The number of hydrogen-bond donors (Lipinski definition) is 0. The minimum atomic E-state index is -0.251. The molecule has 1 fully saturated rings. The third-order valence-electron chi connectivity index (χ3n) is 2.97. The average molecular weight is 224 g/mol. The topological polar surface area (TPSA) is 23.6 Å². The van der Waals surface area contributed by atoms with Crippen molar-refractivity contribution in [2.45, 2.75) is 20.8 Å². The third-order valence-corrected chi connectivity index (χ3v) is 2.97. The number of ketones is 1. The summed E-state index contributed by atoms with van der Waals surface area (Å²) in [5.74, 6) is 0.210.